The summed E-state index contributed by atoms with van der Waals surface area (Å²) in [4.78, 5) is 26.0. The van der Waals surface area contributed by atoms with Crippen LogP contribution in [0.5, 0.6) is 11.5 Å². The third-order valence-corrected chi connectivity index (χ3v) is 6.17. The number of halogens is 2. The van der Waals surface area contributed by atoms with E-state index in [2.05, 4.69) is 9.88 Å². The van der Waals surface area contributed by atoms with E-state index >= 15 is 0 Å². The van der Waals surface area contributed by atoms with Crippen LogP contribution in [0.15, 0.2) is 85.1 Å². The smallest absolute Gasteiger partial charge is 0.254 e. The second-order valence-electron chi connectivity index (χ2n) is 8.12. The van der Waals surface area contributed by atoms with Gasteiger partial charge in [0.15, 0.2) is 0 Å². The zero-order valence-corrected chi connectivity index (χ0v) is 20.3. The van der Waals surface area contributed by atoms with E-state index < -0.39 is 0 Å². The van der Waals surface area contributed by atoms with Gasteiger partial charge in [-0.25, -0.2) is 9.97 Å². The Morgan fingerprint density at radius 3 is 2.14 bits per heavy atom. The summed E-state index contributed by atoms with van der Waals surface area (Å²) in [7, 11) is 0. The first-order valence-electron chi connectivity index (χ1n) is 11.2. The lowest BCUT2D eigenvalue weighted by Gasteiger charge is -2.35. The molecule has 0 aliphatic carbocycles. The monoisotopic (exact) mass is 504 g/mol. The van der Waals surface area contributed by atoms with Gasteiger partial charge in [0.05, 0.1) is 5.69 Å². The number of nitrogens with zero attached hydrogens (tertiary/aromatic N) is 4. The molecule has 4 aromatic rings. The SMILES string of the molecule is O=C(c1cc(Cl)cc(Cl)c1)N1CCN(c2nccc(-c3ccc(Oc4ccccc4)cc3)n2)CC1. The van der Waals surface area contributed by atoms with Crippen molar-refractivity contribution in [2.24, 2.45) is 0 Å². The molecule has 0 atom stereocenters. The number of aromatic nitrogens is 2. The Labute approximate surface area is 213 Å². The molecule has 1 aromatic heterocycles. The molecule has 5 rings (SSSR count). The fourth-order valence-corrected chi connectivity index (χ4v) is 4.48. The van der Waals surface area contributed by atoms with Crippen molar-refractivity contribution in [3.63, 3.8) is 0 Å². The van der Waals surface area contributed by atoms with E-state index in [0.29, 0.717) is 47.7 Å². The first-order chi connectivity index (χ1) is 17.0. The lowest BCUT2D eigenvalue weighted by Crippen LogP contribution is -2.49. The highest BCUT2D eigenvalue weighted by atomic mass is 35.5. The summed E-state index contributed by atoms with van der Waals surface area (Å²) < 4.78 is 5.87. The Morgan fingerprint density at radius 2 is 1.46 bits per heavy atom. The molecule has 0 spiro atoms. The molecule has 35 heavy (non-hydrogen) atoms. The van der Waals surface area contributed by atoms with Crippen molar-refractivity contribution >= 4 is 35.1 Å². The quantitative estimate of drug-likeness (QED) is 0.323. The Kier molecular flexibility index (Phi) is 6.84. The van der Waals surface area contributed by atoms with Gasteiger partial charge in [-0.05, 0) is 60.7 Å². The van der Waals surface area contributed by atoms with Crippen LogP contribution >= 0.6 is 23.2 Å². The van der Waals surface area contributed by atoms with Gasteiger partial charge in [0, 0.05) is 53.5 Å². The molecule has 0 unspecified atom stereocenters. The van der Waals surface area contributed by atoms with Crippen LogP contribution in [0.1, 0.15) is 10.4 Å². The molecule has 8 heteroatoms. The van der Waals surface area contributed by atoms with Gasteiger partial charge in [0.1, 0.15) is 11.5 Å². The zero-order chi connectivity index (χ0) is 24.2. The summed E-state index contributed by atoms with van der Waals surface area (Å²) >= 11 is 12.1. The summed E-state index contributed by atoms with van der Waals surface area (Å²) in [6, 6.07) is 24.3. The molecular formula is C27H22Cl2N4O2. The van der Waals surface area contributed by atoms with Crippen LogP contribution in [0.2, 0.25) is 10.0 Å². The minimum absolute atomic E-state index is 0.0819. The molecule has 6 nitrogen and oxygen atoms in total. The number of para-hydroxylation sites is 1. The van der Waals surface area contributed by atoms with Gasteiger partial charge in [-0.2, -0.15) is 0 Å². The van der Waals surface area contributed by atoms with E-state index in [1.165, 1.54) is 0 Å². The van der Waals surface area contributed by atoms with Crippen molar-refractivity contribution in [2.75, 3.05) is 31.1 Å². The van der Waals surface area contributed by atoms with Crippen molar-refractivity contribution in [1.82, 2.24) is 14.9 Å². The maximum atomic E-state index is 12.9. The molecule has 1 saturated heterocycles. The van der Waals surface area contributed by atoms with E-state index in [0.717, 1.165) is 22.8 Å². The van der Waals surface area contributed by atoms with E-state index in [9.17, 15) is 4.79 Å². The Bertz CT molecular complexity index is 1300. The van der Waals surface area contributed by atoms with Crippen molar-refractivity contribution < 1.29 is 9.53 Å². The third kappa shape index (κ3) is 5.56. The number of carbonyl (C=O) groups is 1. The van der Waals surface area contributed by atoms with Gasteiger partial charge in [-0.15, -0.1) is 0 Å². The average molecular weight is 505 g/mol. The Morgan fingerprint density at radius 1 is 0.800 bits per heavy atom. The molecule has 0 bridgehead atoms. The van der Waals surface area contributed by atoms with Crippen LogP contribution in [0.3, 0.4) is 0 Å². The number of piperazine rings is 1. The molecule has 1 amide bonds. The summed E-state index contributed by atoms with van der Waals surface area (Å²) in [5.74, 6) is 2.11. The van der Waals surface area contributed by atoms with Gasteiger partial charge >= 0.3 is 0 Å². The molecule has 1 aliphatic rings. The highest BCUT2D eigenvalue weighted by Gasteiger charge is 2.24. The fourth-order valence-electron chi connectivity index (χ4n) is 3.95. The lowest BCUT2D eigenvalue weighted by molar-refractivity contribution is 0.0746. The maximum Gasteiger partial charge on any atom is 0.254 e. The largest absolute Gasteiger partial charge is 0.457 e. The number of benzene rings is 3. The topological polar surface area (TPSA) is 58.6 Å². The number of rotatable bonds is 5. The minimum atomic E-state index is -0.0819. The van der Waals surface area contributed by atoms with Gasteiger partial charge in [-0.3, -0.25) is 4.79 Å². The third-order valence-electron chi connectivity index (χ3n) is 5.73. The number of carbonyl (C=O) groups excluding carboxylic acids is 1. The molecule has 3 aromatic carbocycles. The summed E-state index contributed by atoms with van der Waals surface area (Å²) in [6.45, 7) is 2.38. The first-order valence-corrected chi connectivity index (χ1v) is 12.0. The van der Waals surface area contributed by atoms with Crippen LogP contribution in [0, 0.1) is 0 Å². The second-order valence-corrected chi connectivity index (χ2v) is 8.99. The zero-order valence-electron chi connectivity index (χ0n) is 18.8. The van der Waals surface area contributed by atoms with Crippen molar-refractivity contribution in [3.05, 3.63) is 101 Å². The van der Waals surface area contributed by atoms with Gasteiger partial charge < -0.3 is 14.5 Å². The normalized spacial score (nSPS) is 13.5. The number of amides is 1. The lowest BCUT2D eigenvalue weighted by atomic mass is 10.1. The van der Waals surface area contributed by atoms with E-state index in [1.807, 2.05) is 60.7 Å². The predicted octanol–water partition coefficient (Wildman–Crippen LogP) is 6.21. The fraction of sp³-hybridized carbons (Fsp3) is 0.148. The van der Waals surface area contributed by atoms with Gasteiger partial charge in [0.2, 0.25) is 5.95 Å². The number of hydrogen-bond acceptors (Lipinski definition) is 5. The highest BCUT2D eigenvalue weighted by molar-refractivity contribution is 6.35. The Balaban J connectivity index is 1.24. The standard InChI is InChI=1S/C27H22Cl2N4O2/c28-21-16-20(17-22(29)18-21)26(34)32-12-14-33(15-13-32)27-30-11-10-25(31-27)19-6-8-24(9-7-19)35-23-4-2-1-3-5-23/h1-11,16-18H,12-15H2. The van der Waals surface area contributed by atoms with Crippen LogP contribution in [-0.4, -0.2) is 47.0 Å². The molecule has 1 fully saturated rings. The van der Waals surface area contributed by atoms with Crippen molar-refractivity contribution in [2.45, 2.75) is 0 Å². The average Bonchev–Trinajstić information content (AvgIpc) is 2.89. The van der Waals surface area contributed by atoms with Crippen molar-refractivity contribution in [1.29, 1.82) is 0 Å². The van der Waals surface area contributed by atoms with Crippen molar-refractivity contribution in [3.8, 4) is 22.8 Å². The van der Waals surface area contributed by atoms with Gasteiger partial charge in [0.25, 0.3) is 5.91 Å². The molecule has 176 valence electrons. The van der Waals surface area contributed by atoms with E-state index in [1.54, 1.807) is 29.3 Å². The molecular weight excluding hydrogens is 483 g/mol. The van der Waals surface area contributed by atoms with Crippen LogP contribution in [0.25, 0.3) is 11.3 Å². The summed E-state index contributed by atoms with van der Waals surface area (Å²) in [5, 5.41) is 0.897. The number of hydrogen-bond donors (Lipinski definition) is 0. The van der Waals surface area contributed by atoms with Gasteiger partial charge in [-0.1, -0.05) is 41.4 Å². The second kappa shape index (κ2) is 10.3. The molecule has 1 aliphatic heterocycles. The van der Waals surface area contributed by atoms with Crippen LogP contribution in [0.4, 0.5) is 5.95 Å². The maximum absolute atomic E-state index is 12.9. The predicted molar refractivity (Wildman–Crippen MR) is 139 cm³/mol. The molecule has 0 saturated carbocycles. The van der Waals surface area contributed by atoms with E-state index in [4.69, 9.17) is 32.9 Å². The molecule has 0 radical (unpaired) electrons. The number of ether oxygens (including phenoxy) is 1. The Hall–Kier alpha value is -3.61. The van der Waals surface area contributed by atoms with E-state index in [-0.39, 0.29) is 5.91 Å². The summed E-state index contributed by atoms with van der Waals surface area (Å²) in [5.41, 5.74) is 2.29. The molecule has 0 N–H and O–H groups in total. The first kappa shape index (κ1) is 23.1. The highest BCUT2D eigenvalue weighted by Crippen LogP contribution is 2.26. The molecule has 2 heterocycles. The van der Waals surface area contributed by atoms with Crippen LogP contribution in [-0.2, 0) is 0 Å². The number of anilines is 1. The summed E-state index contributed by atoms with van der Waals surface area (Å²) in [6.07, 6.45) is 1.76. The van der Waals surface area contributed by atoms with Crippen LogP contribution < -0.4 is 9.64 Å². The minimum Gasteiger partial charge on any atom is -0.457 e.